The topological polar surface area (TPSA) is 98.1 Å². The smallest absolute Gasteiger partial charge is 0.186 e. The van der Waals surface area contributed by atoms with E-state index in [-0.39, 0.29) is 6.10 Å². The van der Waals surface area contributed by atoms with Crippen molar-refractivity contribution < 1.29 is 4.74 Å². The molecule has 1 heterocycles. The van der Waals surface area contributed by atoms with Gasteiger partial charge in [-0.1, -0.05) is 19.1 Å². The van der Waals surface area contributed by atoms with Crippen LogP contribution in [0, 0.1) is 17.2 Å². The Hall–Kier alpha value is -3.01. The Balaban J connectivity index is 1.32. The Morgan fingerprint density at radius 3 is 2.72 bits per heavy atom. The highest BCUT2D eigenvalue weighted by Crippen LogP contribution is 2.39. The Kier molecular flexibility index (Phi) is 6.99. The van der Waals surface area contributed by atoms with Gasteiger partial charge >= 0.3 is 0 Å². The molecule has 170 valence electrons. The molecule has 3 aliphatic carbocycles. The van der Waals surface area contributed by atoms with E-state index < -0.39 is 0 Å². The summed E-state index contributed by atoms with van der Waals surface area (Å²) in [4.78, 5) is 4.19. The predicted molar refractivity (Wildman–Crippen MR) is 127 cm³/mol. The van der Waals surface area contributed by atoms with Crippen LogP contribution >= 0.6 is 0 Å². The van der Waals surface area contributed by atoms with E-state index in [0.717, 1.165) is 48.3 Å². The first-order valence-corrected chi connectivity index (χ1v) is 11.8. The summed E-state index contributed by atoms with van der Waals surface area (Å²) >= 11 is 0. The molecule has 0 bridgehead atoms. The third-order valence-corrected chi connectivity index (χ3v) is 6.71. The lowest BCUT2D eigenvalue weighted by Gasteiger charge is -2.26. The minimum absolute atomic E-state index is 0.251. The first-order chi connectivity index (χ1) is 15.6. The second-order valence-electron chi connectivity index (χ2n) is 9.12. The first kappa shape index (κ1) is 22.2. The van der Waals surface area contributed by atoms with Crippen LogP contribution in [0.25, 0.3) is 0 Å². The molecule has 32 heavy (non-hydrogen) atoms. The van der Waals surface area contributed by atoms with Crippen LogP contribution in [0.4, 0.5) is 5.82 Å². The number of aromatic nitrogens is 2. The van der Waals surface area contributed by atoms with Crippen molar-refractivity contribution in [2.45, 2.75) is 83.8 Å². The number of allylic oxidation sites excluding steroid dienone is 5. The lowest BCUT2D eigenvalue weighted by atomic mass is 9.93. The van der Waals surface area contributed by atoms with E-state index >= 15 is 0 Å². The second-order valence-corrected chi connectivity index (χ2v) is 9.12. The molecule has 0 spiro atoms. The molecule has 4 rings (SSSR count). The number of nitriles is 1. The van der Waals surface area contributed by atoms with Gasteiger partial charge in [0.15, 0.2) is 5.88 Å². The lowest BCUT2D eigenvalue weighted by molar-refractivity contribution is 0.0983. The fourth-order valence-electron chi connectivity index (χ4n) is 4.23. The zero-order chi connectivity index (χ0) is 22.5. The molecular weight excluding hydrogens is 400 g/mol. The van der Waals surface area contributed by atoms with Crippen LogP contribution in [0.2, 0.25) is 0 Å². The van der Waals surface area contributed by atoms with Gasteiger partial charge in [0.1, 0.15) is 23.7 Å². The maximum Gasteiger partial charge on any atom is 0.186 e. The van der Waals surface area contributed by atoms with Crippen molar-refractivity contribution in [3.63, 3.8) is 0 Å². The summed E-state index contributed by atoms with van der Waals surface area (Å²) < 4.78 is 6.49. The average Bonchev–Trinajstić information content (AvgIpc) is 3.13. The van der Waals surface area contributed by atoms with Gasteiger partial charge in [0.25, 0.3) is 0 Å². The summed E-state index contributed by atoms with van der Waals surface area (Å²) in [6, 6.07) is 4.72. The lowest BCUT2D eigenvalue weighted by Crippen LogP contribution is -2.26. The molecule has 0 amide bonds. The number of aliphatic imine (C=N–C) groups is 1. The zero-order valence-corrected chi connectivity index (χ0v) is 19.3. The van der Waals surface area contributed by atoms with E-state index in [1.165, 1.54) is 31.3 Å². The van der Waals surface area contributed by atoms with Crippen molar-refractivity contribution in [2.75, 3.05) is 5.32 Å². The molecular formula is C25H34N6O. The minimum atomic E-state index is 0.251. The first-order valence-electron chi connectivity index (χ1n) is 11.8. The van der Waals surface area contributed by atoms with Gasteiger partial charge in [0.2, 0.25) is 0 Å². The van der Waals surface area contributed by atoms with E-state index in [2.05, 4.69) is 44.9 Å². The van der Waals surface area contributed by atoms with Crippen molar-refractivity contribution in [2.24, 2.45) is 10.9 Å². The Morgan fingerprint density at radius 2 is 2.09 bits per heavy atom. The van der Waals surface area contributed by atoms with Gasteiger partial charge in [-0.25, -0.2) is 4.99 Å². The molecule has 0 aliphatic heterocycles. The number of rotatable bonds is 9. The molecule has 3 fully saturated rings. The summed E-state index contributed by atoms with van der Waals surface area (Å²) in [5, 5.41) is 23.6. The average molecular weight is 435 g/mol. The number of H-pyrrole nitrogens is 1. The SMILES string of the molecule is C\C=C(C#N)/N=C\C(=C\C)Nc1cc(C2CCC(OC(NC3CC3C)=C3CCC3)C2)n[nH]1. The van der Waals surface area contributed by atoms with Crippen LogP contribution in [0.1, 0.15) is 77.3 Å². The molecule has 4 unspecified atom stereocenters. The molecule has 3 aliphatic rings. The Labute approximate surface area is 190 Å². The minimum Gasteiger partial charge on any atom is -0.476 e. The van der Waals surface area contributed by atoms with Gasteiger partial charge in [-0.05, 0) is 70.3 Å². The van der Waals surface area contributed by atoms with E-state index in [0.29, 0.717) is 17.7 Å². The number of nitrogens with zero attached hydrogens (tertiary/aromatic N) is 3. The second kappa shape index (κ2) is 10.1. The standard InChI is InChI=1S/C25H34N6O/c1-4-19(14-26)27-15-20(5-2)28-24-13-23(30-31-24)18-9-10-21(12-18)32-25(17-7-6-8-17)29-22-11-16(22)3/h4-5,13,15-16,18,21-22,29H,6-12H2,1-3H3,(H2,28,30,31)/b19-4-,20-5-,27-15-. The number of ether oxygens (including phenoxy) is 1. The maximum absolute atomic E-state index is 9.00. The molecule has 3 saturated carbocycles. The van der Waals surface area contributed by atoms with Gasteiger partial charge in [0.05, 0.1) is 17.6 Å². The van der Waals surface area contributed by atoms with E-state index in [1.54, 1.807) is 19.2 Å². The van der Waals surface area contributed by atoms with E-state index in [1.807, 2.05) is 13.0 Å². The fourth-order valence-corrected chi connectivity index (χ4v) is 4.23. The molecule has 1 aromatic rings. The van der Waals surface area contributed by atoms with Gasteiger partial charge < -0.3 is 15.4 Å². The summed E-state index contributed by atoms with van der Waals surface area (Å²) in [5.74, 6) is 3.06. The molecule has 3 N–H and O–H groups in total. The monoisotopic (exact) mass is 434 g/mol. The van der Waals surface area contributed by atoms with Crippen molar-refractivity contribution in [3.05, 3.63) is 46.8 Å². The molecule has 1 aromatic heterocycles. The van der Waals surface area contributed by atoms with Crippen LogP contribution in [-0.4, -0.2) is 28.6 Å². The molecule has 0 aromatic carbocycles. The zero-order valence-electron chi connectivity index (χ0n) is 19.3. The third kappa shape index (κ3) is 5.42. The van der Waals surface area contributed by atoms with E-state index in [4.69, 9.17) is 10.00 Å². The molecule has 0 saturated heterocycles. The van der Waals surface area contributed by atoms with E-state index in [9.17, 15) is 0 Å². The number of hydrogen-bond acceptors (Lipinski definition) is 6. The van der Waals surface area contributed by atoms with Crippen LogP contribution in [0.15, 0.2) is 46.1 Å². The quantitative estimate of drug-likeness (QED) is 0.279. The number of hydrogen-bond donors (Lipinski definition) is 3. The molecule has 0 radical (unpaired) electrons. The molecule has 4 atom stereocenters. The van der Waals surface area contributed by atoms with Crippen molar-refractivity contribution >= 4 is 12.0 Å². The van der Waals surface area contributed by atoms with Gasteiger partial charge in [-0.2, -0.15) is 10.4 Å². The number of aromatic amines is 1. The van der Waals surface area contributed by atoms with Crippen LogP contribution in [-0.2, 0) is 4.74 Å². The Bertz CT molecular complexity index is 973. The van der Waals surface area contributed by atoms with Gasteiger partial charge in [-0.15, -0.1) is 0 Å². The predicted octanol–water partition coefficient (Wildman–Crippen LogP) is 5.27. The Morgan fingerprint density at radius 1 is 1.28 bits per heavy atom. The summed E-state index contributed by atoms with van der Waals surface area (Å²) in [7, 11) is 0. The summed E-state index contributed by atoms with van der Waals surface area (Å²) in [6.07, 6.45) is 13.5. The largest absolute Gasteiger partial charge is 0.476 e. The molecule has 7 nitrogen and oxygen atoms in total. The maximum atomic E-state index is 9.00. The summed E-state index contributed by atoms with van der Waals surface area (Å²) in [6.45, 7) is 6.02. The highest BCUT2D eigenvalue weighted by Gasteiger charge is 2.36. The number of anilines is 1. The third-order valence-electron chi connectivity index (χ3n) is 6.71. The van der Waals surface area contributed by atoms with Crippen molar-refractivity contribution in [1.82, 2.24) is 15.5 Å². The fraction of sp³-hybridized carbons (Fsp3) is 0.560. The normalized spacial score (nSPS) is 27.8. The van der Waals surface area contributed by atoms with Gasteiger partial charge in [-0.3, -0.25) is 5.10 Å². The van der Waals surface area contributed by atoms with Crippen LogP contribution in [0.5, 0.6) is 0 Å². The van der Waals surface area contributed by atoms with Crippen LogP contribution < -0.4 is 10.6 Å². The highest BCUT2D eigenvalue weighted by molar-refractivity contribution is 5.83. The van der Waals surface area contributed by atoms with Crippen molar-refractivity contribution in [3.8, 4) is 6.07 Å². The summed E-state index contributed by atoms with van der Waals surface area (Å²) in [5.41, 5.74) is 3.73. The highest BCUT2D eigenvalue weighted by atomic mass is 16.5. The number of nitrogens with one attached hydrogen (secondary N) is 3. The van der Waals surface area contributed by atoms with Crippen LogP contribution in [0.3, 0.4) is 0 Å². The van der Waals surface area contributed by atoms with Gasteiger partial charge in [0, 0.05) is 18.0 Å². The van der Waals surface area contributed by atoms with Crippen molar-refractivity contribution in [1.29, 1.82) is 5.26 Å². The molecule has 7 heteroatoms.